The summed E-state index contributed by atoms with van der Waals surface area (Å²) in [5, 5.41) is 3.34. The van der Waals surface area contributed by atoms with Gasteiger partial charge in [0.05, 0.1) is 0 Å². The first-order valence-electron chi connectivity index (χ1n) is 7.23. The molecule has 0 amide bonds. The molecule has 0 spiro atoms. The van der Waals surface area contributed by atoms with Crippen LogP contribution in [-0.4, -0.2) is 41.0 Å². The largest absolute Gasteiger partial charge is 0.369 e. The average molecular weight is 280 g/mol. The summed E-state index contributed by atoms with van der Waals surface area (Å²) >= 11 is 0. The summed E-state index contributed by atoms with van der Waals surface area (Å²) < 4.78 is 0. The molecule has 0 fully saturated rings. The van der Waals surface area contributed by atoms with Gasteiger partial charge >= 0.3 is 0 Å². The van der Waals surface area contributed by atoms with Crippen molar-refractivity contribution in [2.24, 2.45) is 5.84 Å². The lowest BCUT2D eigenvalue weighted by atomic mass is 9.96. The monoisotopic (exact) mass is 280 g/mol. The fourth-order valence-corrected chi connectivity index (χ4v) is 1.83. The maximum atomic E-state index is 5.47. The molecule has 4 N–H and O–H groups in total. The zero-order valence-corrected chi connectivity index (χ0v) is 13.3. The van der Waals surface area contributed by atoms with Gasteiger partial charge in [0.25, 0.3) is 0 Å². The van der Waals surface area contributed by atoms with Gasteiger partial charge in [0.1, 0.15) is 17.5 Å². The van der Waals surface area contributed by atoms with Gasteiger partial charge in [-0.25, -0.2) is 15.8 Å². The number of likely N-dealkylation sites (N-methyl/N-ethyl adjacent to an activating group) is 1. The number of nitrogens with two attached hydrogens (primary N) is 1. The lowest BCUT2D eigenvalue weighted by Crippen LogP contribution is -2.29. The molecule has 0 atom stereocenters. The maximum absolute atomic E-state index is 5.47. The van der Waals surface area contributed by atoms with Crippen molar-refractivity contribution in [2.75, 3.05) is 36.9 Å². The molecule has 1 aromatic rings. The second-order valence-corrected chi connectivity index (χ2v) is 5.81. The fourth-order valence-electron chi connectivity index (χ4n) is 1.83. The lowest BCUT2D eigenvalue weighted by Gasteiger charge is -2.20. The molecule has 0 saturated heterocycles. The quantitative estimate of drug-likeness (QED) is 0.522. The number of anilines is 2. The van der Waals surface area contributed by atoms with Gasteiger partial charge in [0.2, 0.25) is 0 Å². The van der Waals surface area contributed by atoms with Gasteiger partial charge < -0.3 is 15.6 Å². The maximum Gasteiger partial charge on any atom is 0.145 e. The van der Waals surface area contributed by atoms with E-state index in [1.807, 2.05) is 6.07 Å². The molecule has 1 rings (SSSR count). The van der Waals surface area contributed by atoms with Crippen molar-refractivity contribution < 1.29 is 0 Å². The highest BCUT2D eigenvalue weighted by atomic mass is 15.3. The molecule has 114 valence electrons. The van der Waals surface area contributed by atoms with Gasteiger partial charge in [-0.2, -0.15) is 0 Å². The minimum Gasteiger partial charge on any atom is -0.369 e. The predicted octanol–water partition coefficient (Wildman–Crippen LogP) is 1.81. The number of nitrogens with zero attached hydrogens (tertiary/aromatic N) is 3. The second kappa shape index (κ2) is 7.40. The van der Waals surface area contributed by atoms with Crippen LogP contribution in [0.5, 0.6) is 0 Å². The van der Waals surface area contributed by atoms with Crippen LogP contribution in [0.25, 0.3) is 0 Å². The zero-order chi connectivity index (χ0) is 15.2. The lowest BCUT2D eigenvalue weighted by molar-refractivity contribution is 0.316. The third kappa shape index (κ3) is 4.94. The van der Waals surface area contributed by atoms with Gasteiger partial charge in [0, 0.05) is 24.6 Å². The Hall–Kier alpha value is -1.40. The number of rotatable bonds is 7. The van der Waals surface area contributed by atoms with Crippen LogP contribution in [0.3, 0.4) is 0 Å². The highest BCUT2D eigenvalue weighted by molar-refractivity contribution is 5.47. The molecule has 0 aliphatic carbocycles. The molecule has 0 saturated carbocycles. The summed E-state index contributed by atoms with van der Waals surface area (Å²) in [6.45, 7) is 14.6. The minimum absolute atomic E-state index is 0.109. The molecule has 1 aromatic heterocycles. The number of hydrazine groups is 1. The summed E-state index contributed by atoms with van der Waals surface area (Å²) in [6.07, 6.45) is 0. The van der Waals surface area contributed by atoms with Gasteiger partial charge in [-0.05, 0) is 13.1 Å². The van der Waals surface area contributed by atoms with E-state index in [4.69, 9.17) is 5.84 Å². The van der Waals surface area contributed by atoms with Crippen LogP contribution in [0.4, 0.5) is 11.6 Å². The molecule has 0 aliphatic rings. The van der Waals surface area contributed by atoms with Crippen LogP contribution < -0.4 is 16.6 Å². The Labute approximate surface area is 122 Å². The van der Waals surface area contributed by atoms with E-state index in [2.05, 4.69) is 60.2 Å². The van der Waals surface area contributed by atoms with Crippen molar-refractivity contribution in [1.29, 1.82) is 0 Å². The van der Waals surface area contributed by atoms with E-state index in [1.165, 1.54) is 0 Å². The molecule has 0 aromatic carbocycles. The standard InChI is InChI=1S/C14H28N6/c1-6-20(7-2)9-8-16-11-10-12(19-15)18-13(17-11)14(3,4)5/h10H,6-9,15H2,1-5H3,(H2,16,17,18,19). The van der Waals surface area contributed by atoms with Gasteiger partial charge in [-0.1, -0.05) is 34.6 Å². The van der Waals surface area contributed by atoms with Crippen LogP contribution in [0.2, 0.25) is 0 Å². The highest BCUT2D eigenvalue weighted by Crippen LogP contribution is 2.21. The molecule has 0 radical (unpaired) electrons. The summed E-state index contributed by atoms with van der Waals surface area (Å²) in [5.41, 5.74) is 2.49. The van der Waals surface area contributed by atoms with E-state index in [-0.39, 0.29) is 5.41 Å². The van der Waals surface area contributed by atoms with Crippen LogP contribution in [0.1, 0.15) is 40.4 Å². The molecule has 6 heteroatoms. The van der Waals surface area contributed by atoms with Crippen LogP contribution in [0.15, 0.2) is 6.07 Å². The Kier molecular flexibility index (Phi) is 6.16. The fraction of sp³-hybridized carbons (Fsp3) is 0.714. The normalized spacial score (nSPS) is 11.8. The smallest absolute Gasteiger partial charge is 0.145 e. The number of nitrogen functional groups attached to an aromatic ring is 1. The van der Waals surface area contributed by atoms with E-state index in [1.54, 1.807) is 0 Å². The van der Waals surface area contributed by atoms with Crippen LogP contribution >= 0.6 is 0 Å². The van der Waals surface area contributed by atoms with Crippen molar-refractivity contribution in [3.8, 4) is 0 Å². The molecule has 20 heavy (non-hydrogen) atoms. The first-order chi connectivity index (χ1) is 9.40. The third-order valence-electron chi connectivity index (χ3n) is 3.17. The van der Waals surface area contributed by atoms with E-state index >= 15 is 0 Å². The zero-order valence-electron chi connectivity index (χ0n) is 13.3. The van der Waals surface area contributed by atoms with Crippen molar-refractivity contribution in [1.82, 2.24) is 14.9 Å². The predicted molar refractivity (Wildman–Crippen MR) is 84.8 cm³/mol. The summed E-state index contributed by atoms with van der Waals surface area (Å²) in [7, 11) is 0. The number of hydrogen-bond acceptors (Lipinski definition) is 6. The van der Waals surface area contributed by atoms with Gasteiger partial charge in [0.15, 0.2) is 0 Å². The Morgan fingerprint density at radius 2 is 1.75 bits per heavy atom. The first-order valence-corrected chi connectivity index (χ1v) is 7.23. The van der Waals surface area contributed by atoms with E-state index in [0.29, 0.717) is 5.82 Å². The molecular weight excluding hydrogens is 252 g/mol. The molecule has 0 bridgehead atoms. The number of hydrogen-bond donors (Lipinski definition) is 3. The molecule has 1 heterocycles. The molecular formula is C14H28N6. The summed E-state index contributed by atoms with van der Waals surface area (Å²) in [4.78, 5) is 11.3. The molecule has 0 unspecified atom stereocenters. The second-order valence-electron chi connectivity index (χ2n) is 5.81. The minimum atomic E-state index is -0.109. The van der Waals surface area contributed by atoms with Crippen molar-refractivity contribution in [3.05, 3.63) is 11.9 Å². The number of nitrogens with one attached hydrogen (secondary N) is 2. The molecule has 6 nitrogen and oxygen atoms in total. The Morgan fingerprint density at radius 1 is 1.15 bits per heavy atom. The first kappa shape index (κ1) is 16.7. The number of aromatic nitrogens is 2. The van der Waals surface area contributed by atoms with E-state index in [0.717, 1.165) is 37.8 Å². The van der Waals surface area contributed by atoms with Crippen molar-refractivity contribution in [3.63, 3.8) is 0 Å². The highest BCUT2D eigenvalue weighted by Gasteiger charge is 2.19. The van der Waals surface area contributed by atoms with E-state index < -0.39 is 0 Å². The summed E-state index contributed by atoms with van der Waals surface area (Å²) in [6, 6.07) is 1.83. The van der Waals surface area contributed by atoms with Gasteiger partial charge in [-0.3, -0.25) is 0 Å². The van der Waals surface area contributed by atoms with Crippen LogP contribution in [0, 0.1) is 0 Å². The third-order valence-corrected chi connectivity index (χ3v) is 3.17. The molecule has 0 aliphatic heterocycles. The summed E-state index contributed by atoms with van der Waals surface area (Å²) in [5.74, 6) is 7.70. The van der Waals surface area contributed by atoms with Crippen molar-refractivity contribution >= 4 is 11.6 Å². The Morgan fingerprint density at radius 3 is 2.25 bits per heavy atom. The van der Waals surface area contributed by atoms with Gasteiger partial charge in [-0.15, -0.1) is 0 Å². The topological polar surface area (TPSA) is 79.1 Å². The van der Waals surface area contributed by atoms with Crippen LogP contribution in [-0.2, 0) is 5.41 Å². The SMILES string of the molecule is CCN(CC)CCNc1cc(NN)nc(C(C)(C)C)n1. The van der Waals surface area contributed by atoms with Crippen molar-refractivity contribution in [2.45, 2.75) is 40.0 Å². The van der Waals surface area contributed by atoms with E-state index in [9.17, 15) is 0 Å². The Balaban J connectivity index is 2.74. The Bertz CT molecular complexity index is 409. The average Bonchev–Trinajstić information content (AvgIpc) is 2.42.